The first kappa shape index (κ1) is 11.7. The van der Waals surface area contributed by atoms with Crippen LogP contribution in [0.3, 0.4) is 0 Å². The quantitative estimate of drug-likeness (QED) is 0.715. The van der Waals surface area contributed by atoms with Gasteiger partial charge in [0.25, 0.3) is 0 Å². The predicted molar refractivity (Wildman–Crippen MR) is 72.8 cm³/mol. The van der Waals surface area contributed by atoms with E-state index in [9.17, 15) is 0 Å². The van der Waals surface area contributed by atoms with Crippen molar-refractivity contribution in [1.82, 2.24) is 4.98 Å². The summed E-state index contributed by atoms with van der Waals surface area (Å²) in [4.78, 5) is 4.35. The van der Waals surface area contributed by atoms with E-state index in [2.05, 4.69) is 31.0 Å². The van der Waals surface area contributed by atoms with Gasteiger partial charge in [0.15, 0.2) is 0 Å². The van der Waals surface area contributed by atoms with Crippen LogP contribution in [-0.4, -0.2) is 25.3 Å². The Kier molecular flexibility index (Phi) is 2.84. The molecule has 1 aromatic carbocycles. The highest BCUT2D eigenvalue weighted by atomic mass is 16.6. The summed E-state index contributed by atoms with van der Waals surface area (Å²) >= 11 is 0. The predicted octanol–water partition coefficient (Wildman–Crippen LogP) is 2.00. The van der Waals surface area contributed by atoms with Crippen LogP contribution in [0.15, 0.2) is 36.5 Å². The first-order valence-electron chi connectivity index (χ1n) is 6.22. The lowest BCUT2D eigenvalue weighted by molar-refractivity contribution is 0.0343. The molecule has 0 atom stereocenters. The molecule has 1 saturated heterocycles. The van der Waals surface area contributed by atoms with Crippen LogP contribution in [-0.2, 0) is 9.31 Å². The molecule has 1 aliphatic rings. The lowest BCUT2D eigenvalue weighted by Crippen LogP contribution is -2.47. The molecule has 18 heavy (non-hydrogen) atoms. The number of benzene rings is 1. The molecule has 92 valence electrons. The van der Waals surface area contributed by atoms with Crippen molar-refractivity contribution in [3.8, 4) is 0 Å². The molecule has 0 radical (unpaired) electrons. The third kappa shape index (κ3) is 2.26. The zero-order chi connectivity index (χ0) is 12.6. The van der Waals surface area contributed by atoms with Crippen molar-refractivity contribution in [2.45, 2.75) is 13.8 Å². The van der Waals surface area contributed by atoms with E-state index < -0.39 is 0 Å². The van der Waals surface area contributed by atoms with Gasteiger partial charge in [-0.2, -0.15) is 0 Å². The highest BCUT2D eigenvalue weighted by molar-refractivity contribution is 6.61. The van der Waals surface area contributed by atoms with Gasteiger partial charge < -0.3 is 9.31 Å². The molecule has 1 fully saturated rings. The molecular weight excluding hydrogens is 225 g/mol. The largest absolute Gasteiger partial charge is 0.493 e. The minimum Gasteiger partial charge on any atom is -0.407 e. The summed E-state index contributed by atoms with van der Waals surface area (Å²) in [5.41, 5.74) is 2.12. The van der Waals surface area contributed by atoms with Crippen molar-refractivity contribution in [2.24, 2.45) is 5.41 Å². The minimum absolute atomic E-state index is 0.103. The van der Waals surface area contributed by atoms with Gasteiger partial charge in [-0.3, -0.25) is 4.98 Å². The highest BCUT2D eigenvalue weighted by Crippen LogP contribution is 2.21. The molecule has 0 amide bonds. The SMILES string of the molecule is CC1(C)COB(c2ccc3cccnc3c2)OC1. The van der Waals surface area contributed by atoms with Gasteiger partial charge in [0.05, 0.1) is 5.52 Å². The molecule has 1 aliphatic heterocycles. The maximum absolute atomic E-state index is 5.78. The molecular formula is C14H16BNO2. The summed E-state index contributed by atoms with van der Waals surface area (Å²) in [6.45, 7) is 5.73. The number of fused-ring (bicyclic) bond motifs is 1. The molecule has 0 N–H and O–H groups in total. The Labute approximate surface area is 107 Å². The zero-order valence-corrected chi connectivity index (χ0v) is 10.7. The Bertz CT molecular complexity index is 560. The molecule has 2 heterocycles. The molecule has 1 aromatic heterocycles. The zero-order valence-electron chi connectivity index (χ0n) is 10.7. The van der Waals surface area contributed by atoms with Crippen molar-refractivity contribution < 1.29 is 9.31 Å². The minimum atomic E-state index is -0.260. The number of hydrogen-bond acceptors (Lipinski definition) is 3. The molecule has 0 spiro atoms. The maximum Gasteiger partial charge on any atom is 0.493 e. The first-order chi connectivity index (χ1) is 8.64. The van der Waals surface area contributed by atoms with Gasteiger partial charge in [-0.1, -0.05) is 32.0 Å². The van der Waals surface area contributed by atoms with E-state index in [4.69, 9.17) is 9.31 Å². The third-order valence-corrected chi connectivity index (χ3v) is 3.15. The Balaban J connectivity index is 1.87. The second kappa shape index (κ2) is 4.37. The van der Waals surface area contributed by atoms with Gasteiger partial charge in [0, 0.05) is 30.2 Å². The lowest BCUT2D eigenvalue weighted by Gasteiger charge is -2.33. The maximum atomic E-state index is 5.78. The Morgan fingerprint density at radius 2 is 1.94 bits per heavy atom. The van der Waals surface area contributed by atoms with Crippen LogP contribution in [0, 0.1) is 5.41 Å². The fourth-order valence-corrected chi connectivity index (χ4v) is 2.11. The number of rotatable bonds is 1. The molecule has 2 aromatic rings. The van der Waals surface area contributed by atoms with Gasteiger partial charge >= 0.3 is 7.12 Å². The molecule has 0 bridgehead atoms. The van der Waals surface area contributed by atoms with E-state index in [0.717, 1.165) is 29.6 Å². The topological polar surface area (TPSA) is 31.4 Å². The van der Waals surface area contributed by atoms with E-state index in [1.54, 1.807) is 6.20 Å². The van der Waals surface area contributed by atoms with Crippen LogP contribution >= 0.6 is 0 Å². The van der Waals surface area contributed by atoms with Gasteiger partial charge in [-0.05, 0) is 17.6 Å². The summed E-state index contributed by atoms with van der Waals surface area (Å²) in [7, 11) is -0.260. The smallest absolute Gasteiger partial charge is 0.407 e. The van der Waals surface area contributed by atoms with Crippen LogP contribution in [0.2, 0.25) is 0 Å². The number of pyridine rings is 1. The highest BCUT2D eigenvalue weighted by Gasteiger charge is 2.33. The molecule has 3 nitrogen and oxygen atoms in total. The summed E-state index contributed by atoms with van der Waals surface area (Å²) in [5, 5.41) is 1.14. The summed E-state index contributed by atoms with van der Waals surface area (Å²) < 4.78 is 11.6. The fourth-order valence-electron chi connectivity index (χ4n) is 2.11. The monoisotopic (exact) mass is 241 g/mol. The average molecular weight is 241 g/mol. The normalized spacial score (nSPS) is 19.1. The Morgan fingerprint density at radius 1 is 1.17 bits per heavy atom. The molecule has 0 aliphatic carbocycles. The van der Waals surface area contributed by atoms with E-state index in [0.29, 0.717) is 0 Å². The number of aromatic nitrogens is 1. The summed E-state index contributed by atoms with van der Waals surface area (Å²) in [6.07, 6.45) is 1.80. The third-order valence-electron chi connectivity index (χ3n) is 3.15. The van der Waals surface area contributed by atoms with Gasteiger partial charge in [0.1, 0.15) is 0 Å². The Morgan fingerprint density at radius 3 is 2.72 bits per heavy atom. The summed E-state index contributed by atoms with van der Waals surface area (Å²) in [5.74, 6) is 0. The molecule has 3 rings (SSSR count). The fraction of sp³-hybridized carbons (Fsp3) is 0.357. The van der Waals surface area contributed by atoms with Crippen molar-refractivity contribution in [3.63, 3.8) is 0 Å². The van der Waals surface area contributed by atoms with Crippen LogP contribution < -0.4 is 5.46 Å². The van der Waals surface area contributed by atoms with E-state index in [-0.39, 0.29) is 12.5 Å². The van der Waals surface area contributed by atoms with Crippen LogP contribution in [0.4, 0.5) is 0 Å². The number of nitrogens with zero attached hydrogens (tertiary/aromatic N) is 1. The van der Waals surface area contributed by atoms with Crippen molar-refractivity contribution in [2.75, 3.05) is 13.2 Å². The van der Waals surface area contributed by atoms with Gasteiger partial charge in [-0.15, -0.1) is 0 Å². The summed E-state index contributed by atoms with van der Waals surface area (Å²) in [6, 6.07) is 10.1. The van der Waals surface area contributed by atoms with Crippen LogP contribution in [0.1, 0.15) is 13.8 Å². The van der Waals surface area contributed by atoms with E-state index >= 15 is 0 Å². The van der Waals surface area contributed by atoms with E-state index in [1.165, 1.54) is 0 Å². The van der Waals surface area contributed by atoms with Crippen LogP contribution in [0.25, 0.3) is 10.9 Å². The average Bonchev–Trinajstić information content (AvgIpc) is 2.38. The molecule has 4 heteroatoms. The lowest BCUT2D eigenvalue weighted by atomic mass is 9.75. The molecule has 0 unspecified atom stereocenters. The van der Waals surface area contributed by atoms with Gasteiger partial charge in [-0.25, -0.2) is 0 Å². The van der Waals surface area contributed by atoms with E-state index in [1.807, 2.05) is 18.2 Å². The van der Waals surface area contributed by atoms with Gasteiger partial charge in [0.2, 0.25) is 0 Å². The molecule has 0 saturated carbocycles. The standard InChI is InChI=1S/C14H16BNO2/c1-14(2)9-17-15(18-10-14)12-6-5-11-4-3-7-16-13(11)8-12/h3-8H,9-10H2,1-2H3. The van der Waals surface area contributed by atoms with Crippen molar-refractivity contribution in [1.29, 1.82) is 0 Å². The second-order valence-electron chi connectivity index (χ2n) is 5.57. The first-order valence-corrected chi connectivity index (χ1v) is 6.22. The van der Waals surface area contributed by atoms with Crippen molar-refractivity contribution >= 4 is 23.5 Å². The second-order valence-corrected chi connectivity index (χ2v) is 5.57. The number of hydrogen-bond donors (Lipinski definition) is 0. The Hall–Kier alpha value is -1.39. The van der Waals surface area contributed by atoms with Crippen LogP contribution in [0.5, 0.6) is 0 Å². The van der Waals surface area contributed by atoms with Crippen molar-refractivity contribution in [3.05, 3.63) is 36.5 Å².